The fourth-order valence-electron chi connectivity index (χ4n) is 2.59. The second-order valence-corrected chi connectivity index (χ2v) is 6.68. The van der Waals surface area contributed by atoms with Gasteiger partial charge in [0.25, 0.3) is 5.91 Å². The molecule has 7 heteroatoms. The topological polar surface area (TPSA) is 73.9 Å². The molecule has 28 heavy (non-hydrogen) atoms. The molecule has 0 aliphatic rings. The fraction of sp³-hybridized carbons (Fsp3) is 0.333. The van der Waals surface area contributed by atoms with Crippen molar-refractivity contribution >= 4 is 29.2 Å². The Morgan fingerprint density at radius 3 is 2.50 bits per heavy atom. The summed E-state index contributed by atoms with van der Waals surface area (Å²) in [5.74, 6) is -0.451. The predicted octanol–water partition coefficient (Wildman–Crippen LogP) is 4.55. The molecule has 1 amide bonds. The number of halogens is 1. The molecule has 1 atom stereocenters. The number of amides is 1. The Bertz CT molecular complexity index is 881. The highest BCUT2D eigenvalue weighted by Gasteiger charge is 2.22. The number of methoxy groups -OCH3 is 1. The molecule has 150 valence electrons. The molecule has 0 fully saturated rings. The number of carbonyl (C=O) groups is 2. The van der Waals surface area contributed by atoms with Crippen LogP contribution in [0.1, 0.15) is 35.3 Å². The van der Waals surface area contributed by atoms with Crippen LogP contribution in [0.2, 0.25) is 5.02 Å². The van der Waals surface area contributed by atoms with Crippen LogP contribution in [0.25, 0.3) is 0 Å². The van der Waals surface area contributed by atoms with Gasteiger partial charge in [-0.25, -0.2) is 4.79 Å². The standard InChI is InChI=1S/C21H24ClNO5/c1-6-27-19-16(22)10-15(11-18(19)26-5)21(25)28-14(4)20(24)23-17-8-7-12(2)9-13(17)3/h7-11,14H,6H2,1-5H3,(H,23,24)/t14-/m1/s1. The van der Waals surface area contributed by atoms with Crippen LogP contribution in [0.3, 0.4) is 0 Å². The molecule has 0 aromatic heterocycles. The van der Waals surface area contributed by atoms with Crippen LogP contribution in [-0.2, 0) is 9.53 Å². The zero-order valence-corrected chi connectivity index (χ0v) is 17.3. The van der Waals surface area contributed by atoms with Crippen LogP contribution in [0.4, 0.5) is 5.69 Å². The molecule has 0 heterocycles. The normalized spacial score (nSPS) is 11.5. The van der Waals surface area contributed by atoms with E-state index in [1.54, 1.807) is 0 Å². The van der Waals surface area contributed by atoms with E-state index in [9.17, 15) is 9.59 Å². The van der Waals surface area contributed by atoms with E-state index in [4.69, 9.17) is 25.8 Å². The van der Waals surface area contributed by atoms with Gasteiger partial charge in [-0.3, -0.25) is 4.79 Å². The van der Waals surface area contributed by atoms with Crippen molar-refractivity contribution < 1.29 is 23.8 Å². The van der Waals surface area contributed by atoms with E-state index >= 15 is 0 Å². The monoisotopic (exact) mass is 405 g/mol. The minimum Gasteiger partial charge on any atom is -0.493 e. The quantitative estimate of drug-likeness (QED) is 0.684. The van der Waals surface area contributed by atoms with Gasteiger partial charge in [0.2, 0.25) is 0 Å². The number of rotatable bonds is 7. The second-order valence-electron chi connectivity index (χ2n) is 6.28. The van der Waals surface area contributed by atoms with Crippen LogP contribution in [0.5, 0.6) is 11.5 Å². The molecule has 2 rings (SSSR count). The van der Waals surface area contributed by atoms with Gasteiger partial charge in [-0.2, -0.15) is 0 Å². The molecule has 0 saturated carbocycles. The Labute approximate surface area is 169 Å². The maximum absolute atomic E-state index is 12.5. The molecule has 0 saturated heterocycles. The highest BCUT2D eigenvalue weighted by atomic mass is 35.5. The second kappa shape index (κ2) is 9.46. The lowest BCUT2D eigenvalue weighted by atomic mass is 10.1. The van der Waals surface area contributed by atoms with Crippen LogP contribution in [0, 0.1) is 13.8 Å². The van der Waals surface area contributed by atoms with Crippen molar-refractivity contribution in [3.63, 3.8) is 0 Å². The van der Waals surface area contributed by atoms with Gasteiger partial charge in [-0.1, -0.05) is 29.3 Å². The number of anilines is 1. The number of ether oxygens (including phenoxy) is 3. The van der Waals surface area contributed by atoms with Crippen molar-refractivity contribution in [3.05, 3.63) is 52.0 Å². The molecule has 0 aliphatic carbocycles. The summed E-state index contributed by atoms with van der Waals surface area (Å²) in [6.45, 7) is 7.58. The molecule has 0 aliphatic heterocycles. The van der Waals surface area contributed by atoms with Gasteiger partial charge in [0.15, 0.2) is 17.6 Å². The Morgan fingerprint density at radius 1 is 1.18 bits per heavy atom. The predicted molar refractivity (Wildman–Crippen MR) is 109 cm³/mol. The van der Waals surface area contributed by atoms with Gasteiger partial charge in [0.05, 0.1) is 24.3 Å². The number of carbonyl (C=O) groups excluding carboxylic acids is 2. The van der Waals surface area contributed by atoms with Crippen molar-refractivity contribution in [2.75, 3.05) is 19.0 Å². The highest BCUT2D eigenvalue weighted by molar-refractivity contribution is 6.32. The minimum atomic E-state index is -0.996. The van der Waals surface area contributed by atoms with Gasteiger partial charge >= 0.3 is 5.97 Å². The van der Waals surface area contributed by atoms with Crippen LogP contribution in [0.15, 0.2) is 30.3 Å². The molecule has 0 bridgehead atoms. The summed E-state index contributed by atoms with van der Waals surface area (Å²) in [4.78, 5) is 24.8. The summed E-state index contributed by atoms with van der Waals surface area (Å²) in [5, 5.41) is 2.99. The van der Waals surface area contributed by atoms with E-state index in [2.05, 4.69) is 5.32 Å². The molecule has 6 nitrogen and oxygen atoms in total. The average Bonchev–Trinajstić information content (AvgIpc) is 2.65. The Balaban J connectivity index is 2.11. The number of aryl methyl sites for hydroxylation is 2. The number of esters is 1. The van der Waals surface area contributed by atoms with Crippen molar-refractivity contribution in [1.29, 1.82) is 0 Å². The van der Waals surface area contributed by atoms with Crippen molar-refractivity contribution in [1.82, 2.24) is 0 Å². The smallest absolute Gasteiger partial charge is 0.339 e. The summed E-state index contributed by atoms with van der Waals surface area (Å²) < 4.78 is 15.9. The van der Waals surface area contributed by atoms with E-state index < -0.39 is 18.0 Å². The zero-order chi connectivity index (χ0) is 20.8. The number of hydrogen-bond donors (Lipinski definition) is 1. The van der Waals surface area contributed by atoms with Crippen LogP contribution in [-0.4, -0.2) is 31.7 Å². The first-order chi connectivity index (χ1) is 13.3. The summed E-state index contributed by atoms with van der Waals surface area (Å²) in [7, 11) is 1.45. The SMILES string of the molecule is CCOc1c(Cl)cc(C(=O)O[C@H](C)C(=O)Nc2ccc(C)cc2C)cc1OC. The number of benzene rings is 2. The third-order valence-corrected chi connectivity index (χ3v) is 4.33. The first kappa shape index (κ1) is 21.6. The summed E-state index contributed by atoms with van der Waals surface area (Å²) in [6.07, 6.45) is -0.996. The number of nitrogens with one attached hydrogen (secondary N) is 1. The zero-order valence-electron chi connectivity index (χ0n) is 16.6. The van der Waals surface area contributed by atoms with Crippen molar-refractivity contribution in [3.8, 4) is 11.5 Å². The van der Waals surface area contributed by atoms with E-state index in [1.165, 1.54) is 26.2 Å². The minimum absolute atomic E-state index is 0.163. The summed E-state index contributed by atoms with van der Waals surface area (Å²) in [5.41, 5.74) is 2.85. The van der Waals surface area contributed by atoms with E-state index in [0.29, 0.717) is 23.8 Å². The number of hydrogen-bond acceptors (Lipinski definition) is 5. The van der Waals surface area contributed by atoms with Gasteiger partial charge in [0, 0.05) is 5.69 Å². The molecule has 2 aromatic rings. The van der Waals surface area contributed by atoms with Crippen LogP contribution >= 0.6 is 11.6 Å². The van der Waals surface area contributed by atoms with E-state index in [0.717, 1.165) is 11.1 Å². The Kier molecular flexibility index (Phi) is 7.29. The van der Waals surface area contributed by atoms with Gasteiger partial charge in [-0.15, -0.1) is 0 Å². The molecule has 0 spiro atoms. The third-order valence-electron chi connectivity index (χ3n) is 4.05. The lowest BCUT2D eigenvalue weighted by molar-refractivity contribution is -0.123. The Hall–Kier alpha value is -2.73. The van der Waals surface area contributed by atoms with Gasteiger partial charge in [-0.05, 0) is 51.5 Å². The van der Waals surface area contributed by atoms with Crippen molar-refractivity contribution in [2.45, 2.75) is 33.8 Å². The molecular formula is C21H24ClNO5. The maximum Gasteiger partial charge on any atom is 0.339 e. The van der Waals surface area contributed by atoms with E-state index in [1.807, 2.05) is 39.0 Å². The van der Waals surface area contributed by atoms with Crippen molar-refractivity contribution in [2.24, 2.45) is 0 Å². The molecule has 0 unspecified atom stereocenters. The average molecular weight is 406 g/mol. The lowest BCUT2D eigenvalue weighted by Crippen LogP contribution is -2.30. The first-order valence-corrected chi connectivity index (χ1v) is 9.24. The Morgan fingerprint density at radius 2 is 1.89 bits per heavy atom. The third kappa shape index (κ3) is 5.16. The fourth-order valence-corrected chi connectivity index (χ4v) is 2.86. The molecule has 0 radical (unpaired) electrons. The molecule has 2 aromatic carbocycles. The maximum atomic E-state index is 12.5. The molecular weight excluding hydrogens is 382 g/mol. The summed E-state index contributed by atoms with van der Waals surface area (Å²) >= 11 is 6.18. The largest absolute Gasteiger partial charge is 0.493 e. The van der Waals surface area contributed by atoms with Gasteiger partial charge < -0.3 is 19.5 Å². The first-order valence-electron chi connectivity index (χ1n) is 8.86. The molecule has 1 N–H and O–H groups in total. The summed E-state index contributed by atoms with van der Waals surface area (Å²) in [6, 6.07) is 8.56. The van der Waals surface area contributed by atoms with Crippen LogP contribution < -0.4 is 14.8 Å². The highest BCUT2D eigenvalue weighted by Crippen LogP contribution is 2.36. The lowest BCUT2D eigenvalue weighted by Gasteiger charge is -2.16. The van der Waals surface area contributed by atoms with E-state index in [-0.39, 0.29) is 10.6 Å². The van der Waals surface area contributed by atoms with Gasteiger partial charge in [0.1, 0.15) is 0 Å².